The van der Waals surface area contributed by atoms with Gasteiger partial charge in [0.1, 0.15) is 5.82 Å². The minimum absolute atomic E-state index is 0.137. The molecular weight excluding hydrogens is 299 g/mol. The summed E-state index contributed by atoms with van der Waals surface area (Å²) in [6.07, 6.45) is 3.27. The molecule has 18 heavy (non-hydrogen) atoms. The van der Waals surface area contributed by atoms with Gasteiger partial charge in [0.2, 0.25) is 0 Å². The van der Waals surface area contributed by atoms with E-state index < -0.39 is 5.82 Å². The Labute approximate surface area is 113 Å². The van der Waals surface area contributed by atoms with E-state index in [9.17, 15) is 9.18 Å². The average Bonchev–Trinajstić information content (AvgIpc) is 2.74. The van der Waals surface area contributed by atoms with Crippen LogP contribution in [-0.2, 0) is 0 Å². The lowest BCUT2D eigenvalue weighted by Crippen LogP contribution is -2.10. The summed E-state index contributed by atoms with van der Waals surface area (Å²) in [5.41, 5.74) is 1.55. The molecule has 0 bridgehead atoms. The van der Waals surface area contributed by atoms with Crippen LogP contribution in [0.5, 0.6) is 0 Å². The van der Waals surface area contributed by atoms with Crippen molar-refractivity contribution < 1.29 is 9.18 Å². The van der Waals surface area contributed by atoms with Gasteiger partial charge in [0.05, 0.1) is 22.5 Å². The van der Waals surface area contributed by atoms with E-state index in [1.807, 2.05) is 6.92 Å². The summed E-state index contributed by atoms with van der Waals surface area (Å²) in [6.45, 7) is 3.55. The van der Waals surface area contributed by atoms with Crippen molar-refractivity contribution >= 4 is 21.7 Å². The summed E-state index contributed by atoms with van der Waals surface area (Å²) in [6, 6.07) is 4.46. The molecule has 1 atom stereocenters. The summed E-state index contributed by atoms with van der Waals surface area (Å²) < 4.78 is 15.5. The Morgan fingerprint density at radius 2 is 2.22 bits per heavy atom. The molecule has 0 amide bonds. The Kier molecular flexibility index (Phi) is 3.61. The number of Topliss-reactive ketones (excluding diaryl/α,β-unsaturated/α-hetero) is 1. The molecule has 0 aliphatic rings. The molecule has 0 saturated carbocycles. The van der Waals surface area contributed by atoms with E-state index in [2.05, 4.69) is 20.9 Å². The fourth-order valence-electron chi connectivity index (χ4n) is 1.65. The van der Waals surface area contributed by atoms with Crippen molar-refractivity contribution in [1.29, 1.82) is 0 Å². The van der Waals surface area contributed by atoms with E-state index in [4.69, 9.17) is 0 Å². The third-order valence-electron chi connectivity index (χ3n) is 2.58. The van der Waals surface area contributed by atoms with Crippen LogP contribution in [0.1, 0.15) is 23.0 Å². The predicted molar refractivity (Wildman–Crippen MR) is 71.0 cm³/mol. The van der Waals surface area contributed by atoms with Crippen molar-refractivity contribution in [2.75, 3.05) is 0 Å². The van der Waals surface area contributed by atoms with Crippen molar-refractivity contribution in [3.63, 3.8) is 0 Å². The first-order valence-corrected chi connectivity index (χ1v) is 6.39. The second kappa shape index (κ2) is 5.02. The van der Waals surface area contributed by atoms with Gasteiger partial charge < -0.3 is 4.57 Å². The largest absolute Gasteiger partial charge is 0.303 e. The third kappa shape index (κ3) is 2.51. The molecule has 0 N–H and O–H groups in total. The van der Waals surface area contributed by atoms with Crippen molar-refractivity contribution in [1.82, 2.24) is 9.55 Å². The topological polar surface area (TPSA) is 34.9 Å². The lowest BCUT2D eigenvalue weighted by molar-refractivity contribution is 0.0995. The Morgan fingerprint density at radius 3 is 2.72 bits per heavy atom. The van der Waals surface area contributed by atoms with E-state index >= 15 is 0 Å². The molecule has 1 unspecified atom stereocenters. The molecule has 5 heteroatoms. The van der Waals surface area contributed by atoms with Gasteiger partial charge in [-0.25, -0.2) is 9.37 Å². The first kappa shape index (κ1) is 13.0. The maximum absolute atomic E-state index is 14.0. The Morgan fingerprint density at radius 1 is 1.50 bits per heavy atom. The van der Waals surface area contributed by atoms with Gasteiger partial charge in [-0.1, -0.05) is 15.9 Å². The van der Waals surface area contributed by atoms with Crippen molar-refractivity contribution in [3.05, 3.63) is 47.8 Å². The third-order valence-corrected chi connectivity index (χ3v) is 3.00. The Balaban J connectivity index is 2.39. The van der Waals surface area contributed by atoms with Gasteiger partial charge in [-0.2, -0.15) is 0 Å². The predicted octanol–water partition coefficient (Wildman–Crippen LogP) is 3.29. The zero-order valence-electron chi connectivity index (χ0n) is 10.0. The van der Waals surface area contributed by atoms with Gasteiger partial charge >= 0.3 is 0 Å². The molecule has 3 nitrogen and oxygen atoms in total. The van der Waals surface area contributed by atoms with E-state index in [1.165, 1.54) is 6.07 Å². The number of carbonyl (C=O) groups excluding carboxylic acids is 1. The molecule has 1 aromatic carbocycles. The quantitative estimate of drug-likeness (QED) is 0.644. The SMILES string of the molecule is Cc1cn(-c2ccc(C(=O)C(C)Br)cc2F)cn1. The Hall–Kier alpha value is -1.49. The molecule has 94 valence electrons. The zero-order chi connectivity index (χ0) is 13.3. The number of carbonyl (C=O) groups is 1. The standard InChI is InChI=1S/C13H12BrFN2O/c1-8-6-17(7-16-8)12-4-3-10(5-11(12)15)13(18)9(2)14/h3-7,9H,1-2H3. The van der Waals surface area contributed by atoms with Gasteiger partial charge in [-0.3, -0.25) is 4.79 Å². The van der Waals surface area contributed by atoms with E-state index in [-0.39, 0.29) is 10.6 Å². The maximum Gasteiger partial charge on any atom is 0.176 e. The highest BCUT2D eigenvalue weighted by atomic mass is 79.9. The monoisotopic (exact) mass is 310 g/mol. The number of nitrogens with zero attached hydrogens (tertiary/aromatic N) is 2. The van der Waals surface area contributed by atoms with Crippen molar-refractivity contribution in [2.45, 2.75) is 18.7 Å². The van der Waals surface area contributed by atoms with Crippen molar-refractivity contribution in [3.8, 4) is 5.69 Å². The number of benzene rings is 1. The molecule has 0 spiro atoms. The van der Waals surface area contributed by atoms with E-state index in [1.54, 1.807) is 36.1 Å². The van der Waals surface area contributed by atoms with E-state index in [0.717, 1.165) is 5.69 Å². The fraction of sp³-hybridized carbons (Fsp3) is 0.231. The Bertz CT molecular complexity index is 592. The van der Waals surface area contributed by atoms with Gasteiger partial charge in [0, 0.05) is 11.8 Å². The number of imidazole rings is 1. The minimum atomic E-state index is -0.439. The van der Waals surface area contributed by atoms with Crippen molar-refractivity contribution in [2.24, 2.45) is 0 Å². The van der Waals surface area contributed by atoms with Gasteiger partial charge in [0.25, 0.3) is 0 Å². The lowest BCUT2D eigenvalue weighted by atomic mass is 10.1. The van der Waals surface area contributed by atoms with Crippen LogP contribution in [0.25, 0.3) is 5.69 Å². The lowest BCUT2D eigenvalue weighted by Gasteiger charge is -2.07. The first-order chi connectivity index (χ1) is 8.49. The highest BCUT2D eigenvalue weighted by Gasteiger charge is 2.14. The number of aryl methyl sites for hydroxylation is 1. The van der Waals surface area contributed by atoms with Crippen LogP contribution in [0.3, 0.4) is 0 Å². The average molecular weight is 311 g/mol. The molecule has 2 aromatic rings. The molecule has 1 aromatic heterocycles. The van der Waals surface area contributed by atoms with Crippen LogP contribution in [0.4, 0.5) is 4.39 Å². The molecule has 0 radical (unpaired) electrons. The number of halogens is 2. The molecule has 0 saturated heterocycles. The second-order valence-electron chi connectivity index (χ2n) is 4.07. The smallest absolute Gasteiger partial charge is 0.176 e. The summed E-state index contributed by atoms with van der Waals surface area (Å²) in [4.78, 5) is 15.4. The number of ketones is 1. The maximum atomic E-state index is 14.0. The minimum Gasteiger partial charge on any atom is -0.303 e. The van der Waals surface area contributed by atoms with Crippen LogP contribution in [0, 0.1) is 12.7 Å². The molecule has 0 aliphatic carbocycles. The highest BCUT2D eigenvalue weighted by molar-refractivity contribution is 9.10. The molecular formula is C13H12BrFN2O. The van der Waals surface area contributed by atoms with Crippen LogP contribution >= 0.6 is 15.9 Å². The molecule has 0 aliphatic heterocycles. The highest BCUT2D eigenvalue weighted by Crippen LogP contribution is 2.18. The fourth-order valence-corrected chi connectivity index (χ4v) is 1.92. The van der Waals surface area contributed by atoms with Crippen LogP contribution in [-0.4, -0.2) is 20.2 Å². The number of rotatable bonds is 3. The van der Waals surface area contributed by atoms with Crippen LogP contribution in [0.15, 0.2) is 30.7 Å². The zero-order valence-corrected chi connectivity index (χ0v) is 11.6. The number of hydrogen-bond acceptors (Lipinski definition) is 2. The van der Waals surface area contributed by atoms with E-state index in [0.29, 0.717) is 11.3 Å². The molecule has 2 rings (SSSR count). The normalized spacial score (nSPS) is 12.4. The number of alkyl halides is 1. The van der Waals surface area contributed by atoms with Gasteiger partial charge in [0.15, 0.2) is 5.78 Å². The summed E-state index contributed by atoms with van der Waals surface area (Å²) in [5, 5.41) is 0. The molecule has 1 heterocycles. The van der Waals surface area contributed by atoms with Crippen LogP contribution in [0.2, 0.25) is 0 Å². The first-order valence-electron chi connectivity index (χ1n) is 5.48. The summed E-state index contributed by atoms with van der Waals surface area (Å²) in [7, 11) is 0. The van der Waals surface area contributed by atoms with Gasteiger partial charge in [-0.05, 0) is 32.0 Å². The molecule has 0 fully saturated rings. The van der Waals surface area contributed by atoms with Crippen LogP contribution < -0.4 is 0 Å². The second-order valence-corrected chi connectivity index (χ2v) is 5.44. The summed E-state index contributed by atoms with van der Waals surface area (Å²) >= 11 is 3.18. The van der Waals surface area contributed by atoms with Gasteiger partial charge in [-0.15, -0.1) is 0 Å². The number of aromatic nitrogens is 2. The number of hydrogen-bond donors (Lipinski definition) is 0. The summed E-state index contributed by atoms with van der Waals surface area (Å²) in [5.74, 6) is -0.575.